The number of likely N-dealkylation sites (N-methyl/N-ethyl adjacent to an activating group) is 1. The zero-order chi connectivity index (χ0) is 11.4. The van der Waals surface area contributed by atoms with Crippen molar-refractivity contribution >= 4 is 0 Å². The van der Waals surface area contributed by atoms with Crippen LogP contribution in [0.4, 0.5) is 0 Å². The van der Waals surface area contributed by atoms with Gasteiger partial charge >= 0.3 is 0 Å². The molecule has 0 saturated carbocycles. The van der Waals surface area contributed by atoms with Crippen LogP contribution in [-0.2, 0) is 17.8 Å². The van der Waals surface area contributed by atoms with Gasteiger partial charge in [0.25, 0.3) is 0 Å². The van der Waals surface area contributed by atoms with E-state index in [2.05, 4.69) is 22.1 Å². The first-order valence-electron chi connectivity index (χ1n) is 5.75. The van der Waals surface area contributed by atoms with Gasteiger partial charge in [-0.05, 0) is 6.54 Å². The van der Waals surface area contributed by atoms with Crippen LogP contribution < -0.4 is 5.73 Å². The molecular formula is C10H19N5O. The van der Waals surface area contributed by atoms with Crippen molar-refractivity contribution in [3.63, 3.8) is 0 Å². The summed E-state index contributed by atoms with van der Waals surface area (Å²) in [5, 5.41) is 7.98. The number of nitrogens with two attached hydrogens (primary N) is 1. The van der Waals surface area contributed by atoms with Crippen LogP contribution in [-0.4, -0.2) is 52.2 Å². The monoisotopic (exact) mass is 225 g/mol. The highest BCUT2D eigenvalue weighted by atomic mass is 16.5. The molecule has 0 aromatic carbocycles. The van der Waals surface area contributed by atoms with Gasteiger partial charge in [0.1, 0.15) is 0 Å². The maximum Gasteiger partial charge on any atom is 0.0962 e. The standard InChI is InChI=1S/C10H19N5O/c1-2-14-3-4-16-10(7-14)8-15-6-9(5-11)12-13-15/h6,10H,2-5,7-8,11H2,1H3. The molecule has 1 aromatic heterocycles. The van der Waals surface area contributed by atoms with E-state index in [1.165, 1.54) is 0 Å². The molecule has 0 aliphatic carbocycles. The molecule has 6 nitrogen and oxygen atoms in total. The minimum atomic E-state index is 0.209. The van der Waals surface area contributed by atoms with E-state index in [9.17, 15) is 0 Å². The van der Waals surface area contributed by atoms with E-state index < -0.39 is 0 Å². The fraction of sp³-hybridized carbons (Fsp3) is 0.800. The zero-order valence-corrected chi connectivity index (χ0v) is 9.67. The van der Waals surface area contributed by atoms with Crippen molar-refractivity contribution in [2.24, 2.45) is 5.73 Å². The molecule has 1 atom stereocenters. The van der Waals surface area contributed by atoms with Crippen molar-refractivity contribution in [3.8, 4) is 0 Å². The molecule has 1 aliphatic rings. The van der Waals surface area contributed by atoms with E-state index >= 15 is 0 Å². The minimum Gasteiger partial charge on any atom is -0.374 e. The van der Waals surface area contributed by atoms with E-state index in [1.54, 1.807) is 0 Å². The van der Waals surface area contributed by atoms with Gasteiger partial charge in [-0.2, -0.15) is 0 Å². The average Bonchev–Trinajstić information content (AvgIpc) is 2.77. The van der Waals surface area contributed by atoms with Gasteiger partial charge < -0.3 is 10.5 Å². The molecule has 1 aromatic rings. The highest BCUT2D eigenvalue weighted by Gasteiger charge is 2.19. The van der Waals surface area contributed by atoms with Crippen LogP contribution in [0.25, 0.3) is 0 Å². The first kappa shape index (κ1) is 11.5. The molecule has 2 N–H and O–H groups in total. The predicted octanol–water partition coefficient (Wildman–Crippen LogP) is -0.542. The molecule has 1 saturated heterocycles. The summed E-state index contributed by atoms with van der Waals surface area (Å²) in [5.74, 6) is 0. The van der Waals surface area contributed by atoms with Crippen LogP contribution in [0.3, 0.4) is 0 Å². The molecule has 16 heavy (non-hydrogen) atoms. The van der Waals surface area contributed by atoms with Gasteiger partial charge in [-0.1, -0.05) is 12.1 Å². The van der Waals surface area contributed by atoms with Crippen LogP contribution >= 0.6 is 0 Å². The lowest BCUT2D eigenvalue weighted by atomic mass is 10.2. The van der Waals surface area contributed by atoms with Crippen LogP contribution in [0.2, 0.25) is 0 Å². The second-order valence-corrected chi connectivity index (χ2v) is 4.02. The summed E-state index contributed by atoms with van der Waals surface area (Å²) in [5.41, 5.74) is 6.31. The molecule has 90 valence electrons. The van der Waals surface area contributed by atoms with Crippen molar-refractivity contribution < 1.29 is 4.74 Å². The zero-order valence-electron chi connectivity index (χ0n) is 9.67. The van der Waals surface area contributed by atoms with Crippen LogP contribution in [0.5, 0.6) is 0 Å². The SMILES string of the molecule is CCN1CCOC(Cn2cc(CN)nn2)C1. The van der Waals surface area contributed by atoms with Crippen molar-refractivity contribution in [1.29, 1.82) is 0 Å². The van der Waals surface area contributed by atoms with Crippen molar-refractivity contribution in [1.82, 2.24) is 19.9 Å². The number of aromatic nitrogens is 3. The number of nitrogens with zero attached hydrogens (tertiary/aromatic N) is 4. The topological polar surface area (TPSA) is 69.2 Å². The van der Waals surface area contributed by atoms with E-state index in [1.807, 2.05) is 10.9 Å². The van der Waals surface area contributed by atoms with Crippen molar-refractivity contribution in [2.45, 2.75) is 26.1 Å². The summed E-state index contributed by atoms with van der Waals surface area (Å²) < 4.78 is 7.51. The Morgan fingerprint density at radius 3 is 3.19 bits per heavy atom. The number of rotatable bonds is 4. The van der Waals surface area contributed by atoms with E-state index in [0.29, 0.717) is 6.54 Å². The molecular weight excluding hydrogens is 206 g/mol. The molecule has 1 aliphatic heterocycles. The molecule has 2 heterocycles. The summed E-state index contributed by atoms with van der Waals surface area (Å²) >= 11 is 0. The lowest BCUT2D eigenvalue weighted by Gasteiger charge is -2.31. The Morgan fingerprint density at radius 1 is 1.62 bits per heavy atom. The Kier molecular flexibility index (Phi) is 3.87. The number of hydrogen-bond acceptors (Lipinski definition) is 5. The van der Waals surface area contributed by atoms with Crippen molar-refractivity contribution in [2.75, 3.05) is 26.2 Å². The summed E-state index contributed by atoms with van der Waals surface area (Å²) in [6, 6.07) is 0. The minimum absolute atomic E-state index is 0.209. The summed E-state index contributed by atoms with van der Waals surface area (Å²) in [7, 11) is 0. The quantitative estimate of drug-likeness (QED) is 0.745. The third-order valence-electron chi connectivity index (χ3n) is 2.86. The second-order valence-electron chi connectivity index (χ2n) is 4.02. The molecule has 0 spiro atoms. The predicted molar refractivity (Wildman–Crippen MR) is 59.8 cm³/mol. The molecule has 0 amide bonds. The van der Waals surface area contributed by atoms with Gasteiger partial charge in [0.05, 0.1) is 24.9 Å². The molecule has 0 radical (unpaired) electrons. The summed E-state index contributed by atoms with van der Waals surface area (Å²) in [6.45, 7) is 7.23. The fourth-order valence-electron chi connectivity index (χ4n) is 1.91. The summed E-state index contributed by atoms with van der Waals surface area (Å²) in [6.07, 6.45) is 2.09. The Labute approximate surface area is 95.4 Å². The third kappa shape index (κ3) is 2.78. The Hall–Kier alpha value is -0.980. The van der Waals surface area contributed by atoms with E-state index in [0.717, 1.165) is 38.5 Å². The Morgan fingerprint density at radius 2 is 2.50 bits per heavy atom. The van der Waals surface area contributed by atoms with Gasteiger partial charge in [-0.15, -0.1) is 5.10 Å². The maximum absolute atomic E-state index is 5.70. The van der Waals surface area contributed by atoms with Crippen LogP contribution in [0, 0.1) is 0 Å². The number of hydrogen-bond donors (Lipinski definition) is 1. The maximum atomic E-state index is 5.70. The van der Waals surface area contributed by atoms with E-state index in [4.69, 9.17) is 10.5 Å². The van der Waals surface area contributed by atoms with Gasteiger partial charge in [-0.25, -0.2) is 4.68 Å². The Bertz CT molecular complexity index is 327. The molecule has 2 rings (SSSR count). The molecule has 1 unspecified atom stereocenters. The summed E-state index contributed by atoms with van der Waals surface area (Å²) in [4.78, 5) is 2.38. The van der Waals surface area contributed by atoms with Gasteiger partial charge in [0.15, 0.2) is 0 Å². The van der Waals surface area contributed by atoms with Crippen LogP contribution in [0.15, 0.2) is 6.20 Å². The highest BCUT2D eigenvalue weighted by molar-refractivity contribution is 4.90. The first-order valence-corrected chi connectivity index (χ1v) is 5.75. The van der Waals surface area contributed by atoms with Crippen molar-refractivity contribution in [3.05, 3.63) is 11.9 Å². The van der Waals surface area contributed by atoms with Gasteiger partial charge in [0, 0.05) is 25.8 Å². The lowest BCUT2D eigenvalue weighted by molar-refractivity contribution is -0.0360. The lowest BCUT2D eigenvalue weighted by Crippen LogP contribution is -2.44. The molecule has 0 bridgehead atoms. The highest BCUT2D eigenvalue weighted by Crippen LogP contribution is 2.06. The second kappa shape index (κ2) is 5.38. The normalized spacial score (nSPS) is 22.5. The smallest absolute Gasteiger partial charge is 0.0962 e. The third-order valence-corrected chi connectivity index (χ3v) is 2.86. The van der Waals surface area contributed by atoms with E-state index in [-0.39, 0.29) is 6.10 Å². The number of ether oxygens (including phenoxy) is 1. The largest absolute Gasteiger partial charge is 0.374 e. The fourth-order valence-corrected chi connectivity index (χ4v) is 1.91. The van der Waals surface area contributed by atoms with Gasteiger partial charge in [0.2, 0.25) is 0 Å². The van der Waals surface area contributed by atoms with Gasteiger partial charge in [-0.3, -0.25) is 4.90 Å². The first-order chi connectivity index (χ1) is 7.81. The molecule has 6 heteroatoms. The van der Waals surface area contributed by atoms with Crippen LogP contribution in [0.1, 0.15) is 12.6 Å². The number of morpholine rings is 1. The Balaban J connectivity index is 1.88. The average molecular weight is 225 g/mol. The molecule has 1 fully saturated rings.